The molecule has 0 bridgehead atoms. The number of nitrogens with zero attached hydrogens (tertiary/aromatic N) is 1. The average molecular weight is 320 g/mol. The minimum Gasteiger partial charge on any atom is -0.350 e. The molecular weight excluding hydrogens is 300 g/mol. The molecule has 0 aromatic carbocycles. The molecule has 1 aliphatic heterocycles. The van der Waals surface area contributed by atoms with Gasteiger partial charge in [-0.25, -0.2) is 0 Å². The van der Waals surface area contributed by atoms with Gasteiger partial charge in [0.25, 0.3) is 5.91 Å². The van der Waals surface area contributed by atoms with E-state index < -0.39 is 0 Å². The number of thiophene rings is 2. The van der Waals surface area contributed by atoms with Crippen molar-refractivity contribution in [3.63, 3.8) is 0 Å². The summed E-state index contributed by atoms with van der Waals surface area (Å²) in [5, 5.41) is 5.24. The molecule has 0 aliphatic carbocycles. The first-order chi connectivity index (χ1) is 10.1. The first-order valence-corrected chi connectivity index (χ1v) is 8.97. The average Bonchev–Trinajstić information content (AvgIpc) is 3.12. The predicted molar refractivity (Wildman–Crippen MR) is 89.3 cm³/mol. The van der Waals surface area contributed by atoms with Gasteiger partial charge in [-0.2, -0.15) is 0 Å². The standard InChI is InChI=1S/C16H20N2OS2/c1-11(9-17-16(19)15-4-3-12(2)21-15)18-7-5-14-13(10-18)6-8-20-14/h3-4,6,8,11H,5,7,9-10H2,1-2H3,(H,17,19). The van der Waals surface area contributed by atoms with Crippen LogP contribution in [0.5, 0.6) is 0 Å². The van der Waals surface area contributed by atoms with Crippen molar-refractivity contribution in [3.05, 3.63) is 43.8 Å². The summed E-state index contributed by atoms with van der Waals surface area (Å²) < 4.78 is 0. The molecule has 5 heteroatoms. The van der Waals surface area contributed by atoms with Crippen LogP contribution in [0.15, 0.2) is 23.6 Å². The van der Waals surface area contributed by atoms with Crippen molar-refractivity contribution in [3.8, 4) is 0 Å². The molecule has 0 spiro atoms. The first-order valence-electron chi connectivity index (χ1n) is 7.27. The lowest BCUT2D eigenvalue weighted by atomic mass is 10.1. The van der Waals surface area contributed by atoms with Crippen LogP contribution in [0.1, 0.15) is 31.9 Å². The molecule has 3 nitrogen and oxygen atoms in total. The highest BCUT2D eigenvalue weighted by molar-refractivity contribution is 7.13. The van der Waals surface area contributed by atoms with Gasteiger partial charge in [0.2, 0.25) is 0 Å². The lowest BCUT2D eigenvalue weighted by molar-refractivity contribution is 0.0937. The van der Waals surface area contributed by atoms with Crippen LogP contribution < -0.4 is 5.32 Å². The SMILES string of the molecule is Cc1ccc(C(=O)NCC(C)N2CCc3sccc3C2)s1. The van der Waals surface area contributed by atoms with E-state index in [2.05, 4.69) is 28.6 Å². The van der Waals surface area contributed by atoms with Gasteiger partial charge in [0.15, 0.2) is 0 Å². The lowest BCUT2D eigenvalue weighted by Crippen LogP contribution is -2.44. The van der Waals surface area contributed by atoms with E-state index in [9.17, 15) is 4.79 Å². The largest absolute Gasteiger partial charge is 0.350 e. The van der Waals surface area contributed by atoms with Gasteiger partial charge in [-0.15, -0.1) is 22.7 Å². The summed E-state index contributed by atoms with van der Waals surface area (Å²) in [5.74, 6) is 0.0492. The molecule has 2 aromatic heterocycles. The minimum absolute atomic E-state index is 0.0492. The van der Waals surface area contributed by atoms with E-state index >= 15 is 0 Å². The van der Waals surface area contributed by atoms with E-state index in [-0.39, 0.29) is 5.91 Å². The number of carbonyl (C=O) groups is 1. The van der Waals surface area contributed by atoms with E-state index in [0.717, 1.165) is 24.4 Å². The fourth-order valence-electron chi connectivity index (χ4n) is 2.66. The summed E-state index contributed by atoms with van der Waals surface area (Å²) in [4.78, 5) is 18.0. The molecule has 0 saturated carbocycles. The second kappa shape index (κ2) is 6.30. The van der Waals surface area contributed by atoms with Crippen LogP contribution in [0.3, 0.4) is 0 Å². The Morgan fingerprint density at radius 2 is 2.29 bits per heavy atom. The Morgan fingerprint density at radius 3 is 3.05 bits per heavy atom. The molecule has 0 saturated heterocycles. The van der Waals surface area contributed by atoms with Gasteiger partial charge in [-0.3, -0.25) is 9.69 Å². The van der Waals surface area contributed by atoms with E-state index in [1.165, 1.54) is 15.3 Å². The van der Waals surface area contributed by atoms with Crippen LogP contribution in [0, 0.1) is 6.92 Å². The zero-order chi connectivity index (χ0) is 14.8. The summed E-state index contributed by atoms with van der Waals surface area (Å²) >= 11 is 3.41. The maximum atomic E-state index is 12.1. The van der Waals surface area contributed by atoms with Gasteiger partial charge in [0, 0.05) is 35.4 Å². The molecule has 1 atom stereocenters. The highest BCUT2D eigenvalue weighted by Crippen LogP contribution is 2.25. The summed E-state index contributed by atoms with van der Waals surface area (Å²) in [5.41, 5.74) is 1.46. The van der Waals surface area contributed by atoms with Crippen molar-refractivity contribution in [2.24, 2.45) is 0 Å². The zero-order valence-corrected chi connectivity index (χ0v) is 14.0. The Hall–Kier alpha value is -1.17. The number of amides is 1. The Labute approximate surface area is 133 Å². The summed E-state index contributed by atoms with van der Waals surface area (Å²) in [7, 11) is 0. The van der Waals surface area contributed by atoms with Crippen LogP contribution in [0.2, 0.25) is 0 Å². The summed E-state index contributed by atoms with van der Waals surface area (Å²) in [6.07, 6.45) is 1.13. The molecule has 1 amide bonds. The first kappa shape index (κ1) is 14.8. The van der Waals surface area contributed by atoms with Gasteiger partial charge < -0.3 is 5.32 Å². The van der Waals surface area contributed by atoms with Gasteiger partial charge in [-0.05, 0) is 49.4 Å². The molecule has 112 valence electrons. The van der Waals surface area contributed by atoms with Crippen molar-refractivity contribution >= 4 is 28.6 Å². The maximum Gasteiger partial charge on any atom is 0.261 e. The number of nitrogens with one attached hydrogen (secondary N) is 1. The number of aryl methyl sites for hydroxylation is 1. The van der Waals surface area contributed by atoms with E-state index in [0.29, 0.717) is 12.6 Å². The fraction of sp³-hybridized carbons (Fsp3) is 0.438. The topological polar surface area (TPSA) is 32.3 Å². The Morgan fingerprint density at radius 1 is 1.43 bits per heavy atom. The quantitative estimate of drug-likeness (QED) is 0.937. The Kier molecular flexibility index (Phi) is 4.42. The van der Waals surface area contributed by atoms with Crippen LogP contribution in [-0.2, 0) is 13.0 Å². The maximum absolute atomic E-state index is 12.1. The molecule has 1 N–H and O–H groups in total. The third kappa shape index (κ3) is 3.36. The molecule has 21 heavy (non-hydrogen) atoms. The number of carbonyl (C=O) groups excluding carboxylic acids is 1. The molecule has 3 rings (SSSR count). The number of hydrogen-bond acceptors (Lipinski definition) is 4. The van der Waals surface area contributed by atoms with Crippen LogP contribution in [-0.4, -0.2) is 29.9 Å². The van der Waals surface area contributed by atoms with E-state index in [1.807, 2.05) is 30.4 Å². The van der Waals surface area contributed by atoms with Crippen LogP contribution in [0.25, 0.3) is 0 Å². The molecule has 2 aromatic rings. The third-order valence-corrected chi connectivity index (χ3v) is 6.01. The zero-order valence-electron chi connectivity index (χ0n) is 12.4. The second-order valence-corrected chi connectivity index (χ2v) is 7.85. The monoisotopic (exact) mass is 320 g/mol. The van der Waals surface area contributed by atoms with Crippen LogP contribution in [0.4, 0.5) is 0 Å². The molecule has 1 unspecified atom stereocenters. The van der Waals surface area contributed by atoms with Crippen LogP contribution >= 0.6 is 22.7 Å². The van der Waals surface area contributed by atoms with Gasteiger partial charge >= 0.3 is 0 Å². The van der Waals surface area contributed by atoms with Gasteiger partial charge in [-0.1, -0.05) is 0 Å². The number of rotatable bonds is 4. The highest BCUT2D eigenvalue weighted by Gasteiger charge is 2.21. The Bertz CT molecular complexity index is 632. The Balaban J connectivity index is 1.53. The fourth-order valence-corrected chi connectivity index (χ4v) is 4.33. The predicted octanol–water partition coefficient (Wildman–Crippen LogP) is 3.29. The van der Waals surface area contributed by atoms with Crippen molar-refractivity contribution in [1.82, 2.24) is 10.2 Å². The number of fused-ring (bicyclic) bond motifs is 1. The third-order valence-electron chi connectivity index (χ3n) is 3.98. The molecule has 0 fully saturated rings. The van der Waals surface area contributed by atoms with Gasteiger partial charge in [0.05, 0.1) is 4.88 Å². The summed E-state index contributed by atoms with van der Waals surface area (Å²) in [6.45, 7) is 7.01. The molecular formula is C16H20N2OS2. The highest BCUT2D eigenvalue weighted by atomic mass is 32.1. The van der Waals surface area contributed by atoms with Crippen molar-refractivity contribution in [1.29, 1.82) is 0 Å². The minimum atomic E-state index is 0.0492. The molecule has 1 aliphatic rings. The van der Waals surface area contributed by atoms with E-state index in [4.69, 9.17) is 0 Å². The van der Waals surface area contributed by atoms with E-state index in [1.54, 1.807) is 11.3 Å². The molecule has 3 heterocycles. The summed E-state index contributed by atoms with van der Waals surface area (Å²) in [6, 6.07) is 6.49. The van der Waals surface area contributed by atoms with Crippen molar-refractivity contribution in [2.75, 3.05) is 13.1 Å². The number of hydrogen-bond donors (Lipinski definition) is 1. The molecule has 0 radical (unpaired) electrons. The smallest absolute Gasteiger partial charge is 0.261 e. The van der Waals surface area contributed by atoms with Crippen molar-refractivity contribution < 1.29 is 4.79 Å². The second-order valence-electron chi connectivity index (χ2n) is 5.56. The lowest BCUT2D eigenvalue weighted by Gasteiger charge is -2.32. The normalized spacial score (nSPS) is 16.5. The van der Waals surface area contributed by atoms with Crippen molar-refractivity contribution in [2.45, 2.75) is 32.9 Å². The van der Waals surface area contributed by atoms with Gasteiger partial charge in [0.1, 0.15) is 0 Å².